The molecule has 1 amide bonds. The van der Waals surface area contributed by atoms with E-state index in [1.807, 2.05) is 30.3 Å². The molecule has 1 saturated heterocycles. The van der Waals surface area contributed by atoms with Crippen molar-refractivity contribution in [2.24, 2.45) is 0 Å². The molecule has 1 aromatic rings. The van der Waals surface area contributed by atoms with Gasteiger partial charge in [-0.15, -0.1) is 0 Å². The maximum absolute atomic E-state index is 12.4. The van der Waals surface area contributed by atoms with Gasteiger partial charge in [-0.2, -0.15) is 0 Å². The molecule has 0 N–H and O–H groups in total. The van der Waals surface area contributed by atoms with Crippen LogP contribution in [0.3, 0.4) is 0 Å². The van der Waals surface area contributed by atoms with Gasteiger partial charge in [0.05, 0.1) is 13.2 Å². The molecule has 98 valence electrons. The van der Waals surface area contributed by atoms with Crippen molar-refractivity contribution in [1.29, 1.82) is 0 Å². The number of amides is 1. The average Bonchev–Trinajstić information content (AvgIpc) is 2.41. The van der Waals surface area contributed by atoms with E-state index in [4.69, 9.17) is 4.74 Å². The van der Waals surface area contributed by atoms with Crippen LogP contribution >= 0.6 is 0 Å². The van der Waals surface area contributed by atoms with Crippen LogP contribution in [0.2, 0.25) is 0 Å². The van der Waals surface area contributed by atoms with E-state index in [9.17, 15) is 4.79 Å². The van der Waals surface area contributed by atoms with Crippen LogP contribution in [0, 0.1) is 0 Å². The zero-order valence-corrected chi connectivity index (χ0v) is 11.0. The van der Waals surface area contributed by atoms with Crippen LogP contribution in [0.1, 0.15) is 11.6 Å². The van der Waals surface area contributed by atoms with Crippen LogP contribution in [0.4, 0.5) is 0 Å². The number of morpholine rings is 1. The van der Waals surface area contributed by atoms with E-state index >= 15 is 0 Å². The molecular formula is C14H20N2O2. The van der Waals surface area contributed by atoms with E-state index in [1.165, 1.54) is 0 Å². The zero-order valence-electron chi connectivity index (χ0n) is 11.0. The highest BCUT2D eigenvalue weighted by Gasteiger charge is 2.29. The third-order valence-electron chi connectivity index (χ3n) is 3.20. The molecule has 0 saturated carbocycles. The number of benzene rings is 1. The smallest absolute Gasteiger partial charge is 0.244 e. The lowest BCUT2D eigenvalue weighted by Gasteiger charge is -2.35. The second-order valence-electron chi connectivity index (χ2n) is 4.69. The van der Waals surface area contributed by atoms with Gasteiger partial charge in [0.15, 0.2) is 0 Å². The lowest BCUT2D eigenvalue weighted by atomic mass is 10.0. The SMILES string of the molecule is CN(C)C(=O)C(c1ccccc1)N1CCOCC1. The molecule has 18 heavy (non-hydrogen) atoms. The maximum atomic E-state index is 12.4. The van der Waals surface area contributed by atoms with Crippen molar-refractivity contribution >= 4 is 5.91 Å². The Balaban J connectivity index is 2.25. The maximum Gasteiger partial charge on any atom is 0.244 e. The summed E-state index contributed by atoms with van der Waals surface area (Å²) in [5.41, 5.74) is 1.05. The summed E-state index contributed by atoms with van der Waals surface area (Å²) in [5.74, 6) is 0.128. The first-order valence-corrected chi connectivity index (χ1v) is 6.28. The summed E-state index contributed by atoms with van der Waals surface area (Å²) in [7, 11) is 3.61. The highest BCUT2D eigenvalue weighted by Crippen LogP contribution is 2.23. The van der Waals surface area contributed by atoms with Gasteiger partial charge in [-0.3, -0.25) is 9.69 Å². The first-order chi connectivity index (χ1) is 8.70. The molecule has 0 spiro atoms. The summed E-state index contributed by atoms with van der Waals surface area (Å²) < 4.78 is 5.36. The van der Waals surface area contributed by atoms with Gasteiger partial charge in [0.25, 0.3) is 0 Å². The highest BCUT2D eigenvalue weighted by atomic mass is 16.5. The summed E-state index contributed by atoms with van der Waals surface area (Å²) in [6.45, 7) is 3.01. The van der Waals surface area contributed by atoms with Crippen molar-refractivity contribution in [2.45, 2.75) is 6.04 Å². The third-order valence-corrected chi connectivity index (χ3v) is 3.20. The highest BCUT2D eigenvalue weighted by molar-refractivity contribution is 5.82. The second kappa shape index (κ2) is 5.98. The van der Waals surface area contributed by atoms with Gasteiger partial charge in [-0.25, -0.2) is 0 Å². The molecule has 1 heterocycles. The third kappa shape index (κ3) is 2.89. The van der Waals surface area contributed by atoms with E-state index in [1.54, 1.807) is 19.0 Å². The van der Waals surface area contributed by atoms with Crippen LogP contribution < -0.4 is 0 Å². The summed E-state index contributed by atoms with van der Waals surface area (Å²) in [6.07, 6.45) is 0. The molecule has 0 radical (unpaired) electrons. The number of ether oxygens (including phenoxy) is 1. The number of likely N-dealkylation sites (N-methyl/N-ethyl adjacent to an activating group) is 1. The topological polar surface area (TPSA) is 32.8 Å². The number of hydrogen-bond donors (Lipinski definition) is 0. The van der Waals surface area contributed by atoms with Crippen molar-refractivity contribution in [3.63, 3.8) is 0 Å². The fraction of sp³-hybridized carbons (Fsp3) is 0.500. The first kappa shape index (κ1) is 13.1. The summed E-state index contributed by atoms with van der Waals surface area (Å²) in [6, 6.07) is 9.77. The molecule has 1 fully saturated rings. The minimum atomic E-state index is -0.190. The number of hydrogen-bond acceptors (Lipinski definition) is 3. The number of nitrogens with zero attached hydrogens (tertiary/aromatic N) is 2. The zero-order chi connectivity index (χ0) is 13.0. The Hall–Kier alpha value is -1.39. The fourth-order valence-corrected chi connectivity index (χ4v) is 2.23. The predicted molar refractivity (Wildman–Crippen MR) is 70.3 cm³/mol. The lowest BCUT2D eigenvalue weighted by Crippen LogP contribution is -2.45. The Morgan fingerprint density at radius 3 is 2.39 bits per heavy atom. The van der Waals surface area contributed by atoms with E-state index in [0.29, 0.717) is 13.2 Å². The van der Waals surface area contributed by atoms with E-state index in [-0.39, 0.29) is 11.9 Å². The quantitative estimate of drug-likeness (QED) is 0.804. The molecule has 1 aliphatic rings. The summed E-state index contributed by atoms with van der Waals surface area (Å²) in [4.78, 5) is 16.2. The first-order valence-electron chi connectivity index (χ1n) is 6.28. The number of rotatable bonds is 3. The Morgan fingerprint density at radius 1 is 1.22 bits per heavy atom. The molecular weight excluding hydrogens is 228 g/mol. The van der Waals surface area contributed by atoms with Gasteiger partial charge in [-0.1, -0.05) is 30.3 Å². The Kier molecular flexibility index (Phi) is 4.33. The number of carbonyl (C=O) groups is 1. The van der Waals surface area contributed by atoms with Crippen molar-refractivity contribution in [2.75, 3.05) is 40.4 Å². The van der Waals surface area contributed by atoms with Crippen molar-refractivity contribution in [3.8, 4) is 0 Å². The Morgan fingerprint density at radius 2 is 1.83 bits per heavy atom. The fourth-order valence-electron chi connectivity index (χ4n) is 2.23. The molecule has 4 heteroatoms. The molecule has 4 nitrogen and oxygen atoms in total. The van der Waals surface area contributed by atoms with Gasteiger partial charge in [0, 0.05) is 27.2 Å². The van der Waals surface area contributed by atoms with Crippen molar-refractivity contribution < 1.29 is 9.53 Å². The van der Waals surface area contributed by atoms with Crippen molar-refractivity contribution in [1.82, 2.24) is 9.80 Å². The Bertz CT molecular complexity index is 386. The molecule has 1 atom stereocenters. The number of carbonyl (C=O) groups excluding carboxylic acids is 1. The molecule has 1 aliphatic heterocycles. The van der Waals surface area contributed by atoms with Crippen LogP contribution in [-0.4, -0.2) is 56.1 Å². The van der Waals surface area contributed by atoms with Gasteiger partial charge in [0.1, 0.15) is 6.04 Å². The molecule has 0 bridgehead atoms. The van der Waals surface area contributed by atoms with E-state index in [2.05, 4.69) is 4.90 Å². The molecule has 0 aromatic heterocycles. The van der Waals surface area contributed by atoms with Crippen LogP contribution in [-0.2, 0) is 9.53 Å². The molecule has 1 aromatic carbocycles. The minimum Gasteiger partial charge on any atom is -0.379 e. The van der Waals surface area contributed by atoms with Crippen LogP contribution in [0.25, 0.3) is 0 Å². The van der Waals surface area contributed by atoms with Gasteiger partial charge in [0.2, 0.25) is 5.91 Å². The summed E-state index contributed by atoms with van der Waals surface area (Å²) in [5, 5.41) is 0. The second-order valence-corrected chi connectivity index (χ2v) is 4.69. The van der Waals surface area contributed by atoms with Gasteiger partial charge < -0.3 is 9.64 Å². The minimum absolute atomic E-state index is 0.128. The van der Waals surface area contributed by atoms with Gasteiger partial charge >= 0.3 is 0 Å². The lowest BCUT2D eigenvalue weighted by molar-refractivity contribution is -0.136. The van der Waals surface area contributed by atoms with E-state index < -0.39 is 0 Å². The van der Waals surface area contributed by atoms with Crippen LogP contribution in [0.5, 0.6) is 0 Å². The molecule has 1 unspecified atom stereocenters. The van der Waals surface area contributed by atoms with Crippen LogP contribution in [0.15, 0.2) is 30.3 Å². The predicted octanol–water partition coefficient (Wildman–Crippen LogP) is 1.15. The molecule has 2 rings (SSSR count). The normalized spacial score (nSPS) is 18.3. The van der Waals surface area contributed by atoms with E-state index in [0.717, 1.165) is 18.7 Å². The monoisotopic (exact) mass is 248 g/mol. The standard InChI is InChI=1S/C14H20N2O2/c1-15(2)14(17)13(12-6-4-3-5-7-12)16-8-10-18-11-9-16/h3-7,13H,8-11H2,1-2H3. The van der Waals surface area contributed by atoms with Crippen molar-refractivity contribution in [3.05, 3.63) is 35.9 Å². The average molecular weight is 248 g/mol. The Labute approximate surface area is 108 Å². The summed E-state index contributed by atoms with van der Waals surface area (Å²) >= 11 is 0. The molecule has 0 aliphatic carbocycles. The largest absolute Gasteiger partial charge is 0.379 e. The van der Waals surface area contributed by atoms with Gasteiger partial charge in [-0.05, 0) is 5.56 Å².